The number of pyridine rings is 1. The molecular formula is C108H124Cl3F3N10O8. The predicted molar refractivity (Wildman–Crippen MR) is 526 cm³/mol. The number of nitrogens with zero attached hydrogens (tertiary/aromatic N) is 8. The minimum Gasteiger partial charge on any atom is -0.493 e. The van der Waals surface area contributed by atoms with Gasteiger partial charge in [-0.1, -0.05) is 211 Å². The molecular weight excluding hydrogens is 1730 g/mol. The molecule has 1 saturated carbocycles. The molecule has 132 heavy (non-hydrogen) atoms. The van der Waals surface area contributed by atoms with Crippen LogP contribution in [0, 0.1) is 36.9 Å². The summed E-state index contributed by atoms with van der Waals surface area (Å²) in [6, 6.07) is 78.7. The summed E-state index contributed by atoms with van der Waals surface area (Å²) >= 11 is 18.3. The molecule has 0 radical (unpaired) electrons. The van der Waals surface area contributed by atoms with Gasteiger partial charge in [0.25, 0.3) is 0 Å². The van der Waals surface area contributed by atoms with E-state index in [1.54, 1.807) is 46.7 Å². The van der Waals surface area contributed by atoms with Crippen LogP contribution >= 0.6 is 34.8 Å². The van der Waals surface area contributed by atoms with Gasteiger partial charge in [-0.3, -0.25) is 9.30 Å². The Bertz CT molecular complexity index is 5670. The van der Waals surface area contributed by atoms with Crippen LogP contribution in [0.3, 0.4) is 0 Å². The van der Waals surface area contributed by atoms with Gasteiger partial charge in [0.05, 0.1) is 35.5 Å². The standard InChI is InChI=1S/C20H21FN2O.C20H21FO3.C19H22ClN5O.C18H22O.C17H17Cl2N.C14H21FN2O2/c1-22-18-9-10-19-15(13-18)14-24-20(19,11-4-12-23(2)3)16-5-7-17(21)8-6-16;21-16-7-5-14(6-8-16)18-4-2-1-3-15(18)12-22-17-9-10-19-20(11-17)24-13-23-19;20-16-5-3-6-17(15-16)23-13-11-22(12-14-23)8-4-10-25-19(26)24-9-2-1-7-18(24)21-25;1-3-4-10-18(16-8-6-5-7-9-16)19-17-13-11-15(2)12-14-17;1-20-17-9-7-12(13-4-2-3-5-14(13)17)11-6-8-15(18)16(19)10-11;1-18-10-3-2-4-14(17-19-11-9-16)12-5-7-13(15)8-6-12/h5-10,13H,4,11-12,14H2,2-3H3;5-11,15,18H,1-4,12-13H2;1-3,5-7,9,15H,4,8,10-14H2;5-9,11-14,18H,3-4,10H2,1-2H3;2-6,8,10,12,17,20H,7,9H2,1H3;5-8H,2-4,9-11,16H2,1H3/b;;;;;17-14+/t;15-,18-;;;12-,17-;/m.0..0./s1. The number of rotatable bonds is 31. The van der Waals surface area contributed by atoms with E-state index in [2.05, 4.69) is 148 Å². The Morgan fingerprint density at radius 2 is 1.39 bits per heavy atom. The zero-order chi connectivity index (χ0) is 93.0. The summed E-state index contributed by atoms with van der Waals surface area (Å²) in [4.78, 5) is 27.9. The molecule has 696 valence electrons. The second-order valence-corrected chi connectivity index (χ2v) is 35.2. The minimum atomic E-state index is -0.556. The molecule has 1 saturated heterocycles. The van der Waals surface area contributed by atoms with Gasteiger partial charge in [0.1, 0.15) is 47.3 Å². The molecule has 6 atom stereocenters. The highest BCUT2D eigenvalue weighted by Crippen LogP contribution is 2.48. The zero-order valence-electron chi connectivity index (χ0n) is 76.6. The van der Waals surface area contributed by atoms with E-state index in [1.165, 1.54) is 89.0 Å². The van der Waals surface area contributed by atoms with E-state index in [1.807, 2.05) is 122 Å². The van der Waals surface area contributed by atoms with Gasteiger partial charge in [-0.2, -0.15) is 0 Å². The SMILES string of the molecule is CCCCC(Oc1ccc(C)cc1)c1ccccc1.CN[C@H]1CC[C@@H](c2ccc(Cl)c(Cl)c2)c2ccccc21.COCCCC/C(=N\OCCN)c1ccc(F)cc1.Fc1ccc([C@@H]2CCCC[C@H]2COc2ccc3c(c2)OCO3)cc1.O=c1n(CCCN2CCN(c3cccc(Cl)c3)CC2)nc2ccccn12.[C-]#[N+]c1ccc2c(c1)COC2(CCCN(C)C)c1ccc(F)cc1. The number of aryl methyl sites for hydroxylation is 2. The van der Waals surface area contributed by atoms with Crippen LogP contribution in [0.25, 0.3) is 10.5 Å². The number of unbranched alkanes of at least 4 members (excludes halogenated alkanes) is 2. The van der Waals surface area contributed by atoms with Crippen molar-refractivity contribution in [3.05, 3.63) is 365 Å². The molecule has 3 aliphatic heterocycles. The molecule has 2 aromatic heterocycles. The van der Waals surface area contributed by atoms with Crippen LogP contribution in [0.15, 0.2) is 265 Å². The Kier molecular flexibility index (Phi) is 39.3. The average molecular weight is 1850 g/mol. The van der Waals surface area contributed by atoms with E-state index in [4.69, 9.17) is 80.4 Å². The second kappa shape index (κ2) is 51.9. The third-order valence-electron chi connectivity index (χ3n) is 24.5. The van der Waals surface area contributed by atoms with E-state index in [9.17, 15) is 18.0 Å². The predicted octanol–water partition coefficient (Wildman–Crippen LogP) is 24.6. The van der Waals surface area contributed by atoms with Crippen LogP contribution in [0.4, 0.5) is 24.5 Å². The Hall–Kier alpha value is -11.0. The van der Waals surface area contributed by atoms with Gasteiger partial charge < -0.3 is 54.1 Å². The molecule has 2 aliphatic carbocycles. The van der Waals surface area contributed by atoms with E-state index in [0.717, 1.165) is 172 Å². The normalized spacial score (nSPS) is 17.3. The number of benzene rings is 10. The average Bonchev–Trinajstić information content (AvgIpc) is 1.60. The topological polar surface area (TPSA) is 168 Å². The molecule has 5 aliphatic rings. The maximum Gasteiger partial charge on any atom is 0.350 e. The largest absolute Gasteiger partial charge is 0.493 e. The maximum absolute atomic E-state index is 13.4. The number of anilines is 1. The van der Waals surface area contributed by atoms with Crippen molar-refractivity contribution in [2.24, 2.45) is 16.8 Å². The van der Waals surface area contributed by atoms with Gasteiger partial charge in [-0.05, 0) is 277 Å². The van der Waals surface area contributed by atoms with Crippen LogP contribution in [0.2, 0.25) is 15.1 Å². The summed E-state index contributed by atoms with van der Waals surface area (Å²) in [5, 5.41) is 13.9. The highest BCUT2D eigenvalue weighted by atomic mass is 35.5. The number of hydrogen-bond donors (Lipinski definition) is 2. The lowest BCUT2D eigenvalue weighted by molar-refractivity contribution is -0.0140. The number of nitrogens with two attached hydrogens (primary N) is 1. The first-order chi connectivity index (χ1) is 64.3. The maximum atomic E-state index is 13.4. The van der Waals surface area contributed by atoms with Crippen molar-refractivity contribution in [1.29, 1.82) is 0 Å². The number of hydrogen-bond acceptors (Lipinski definition) is 15. The van der Waals surface area contributed by atoms with Crippen molar-refractivity contribution in [2.45, 2.75) is 153 Å². The molecule has 3 N–H and O–H groups in total. The lowest BCUT2D eigenvalue weighted by Crippen LogP contribution is -2.46. The van der Waals surface area contributed by atoms with Crippen molar-refractivity contribution in [3.63, 3.8) is 0 Å². The smallest absolute Gasteiger partial charge is 0.350 e. The monoisotopic (exact) mass is 1850 g/mol. The number of nitrogens with one attached hydrogen (secondary N) is 1. The Morgan fingerprint density at radius 1 is 0.682 bits per heavy atom. The van der Waals surface area contributed by atoms with E-state index in [0.29, 0.717) is 78.1 Å². The van der Waals surface area contributed by atoms with Crippen LogP contribution in [0.5, 0.6) is 23.0 Å². The van der Waals surface area contributed by atoms with Crippen molar-refractivity contribution in [1.82, 2.24) is 29.3 Å². The molecule has 0 amide bonds. The third kappa shape index (κ3) is 29.0. The number of halogens is 6. The van der Waals surface area contributed by atoms with Gasteiger partial charge in [0.2, 0.25) is 6.79 Å². The molecule has 2 fully saturated rings. The van der Waals surface area contributed by atoms with Gasteiger partial charge >= 0.3 is 5.69 Å². The molecule has 2 unspecified atom stereocenters. The first kappa shape index (κ1) is 100.0. The fraction of sp³-hybridized carbons (Fsp3) is 0.370. The fourth-order valence-corrected chi connectivity index (χ4v) is 18.0. The van der Waals surface area contributed by atoms with E-state index < -0.39 is 5.60 Å². The lowest BCUT2D eigenvalue weighted by atomic mass is 9.76. The summed E-state index contributed by atoms with van der Waals surface area (Å²) in [5.74, 6) is 3.89. The molecule has 18 nitrogen and oxygen atoms in total. The summed E-state index contributed by atoms with van der Waals surface area (Å²) in [5.41, 5.74) is 19.8. The molecule has 0 bridgehead atoms. The van der Waals surface area contributed by atoms with E-state index >= 15 is 0 Å². The van der Waals surface area contributed by atoms with Crippen LogP contribution in [-0.2, 0) is 33.1 Å². The Balaban J connectivity index is 0.000000144. The highest BCUT2D eigenvalue weighted by molar-refractivity contribution is 6.42. The van der Waals surface area contributed by atoms with Crippen LogP contribution in [-0.4, -0.2) is 130 Å². The number of piperazine rings is 1. The number of aromatic nitrogens is 3. The molecule has 5 heterocycles. The Morgan fingerprint density at radius 3 is 2.09 bits per heavy atom. The molecule has 12 aromatic rings. The second-order valence-electron chi connectivity index (χ2n) is 34.0. The van der Waals surface area contributed by atoms with Crippen molar-refractivity contribution in [3.8, 4) is 23.0 Å². The number of ether oxygens (including phenoxy) is 6. The van der Waals surface area contributed by atoms with Gasteiger partial charge in [-0.25, -0.2) is 27.5 Å². The summed E-state index contributed by atoms with van der Waals surface area (Å²) < 4.78 is 76.8. The Labute approximate surface area is 791 Å². The molecule has 0 spiro atoms. The lowest BCUT2D eigenvalue weighted by Gasteiger charge is -2.36. The van der Waals surface area contributed by atoms with Gasteiger partial charge in [0.15, 0.2) is 22.8 Å². The quantitative estimate of drug-likeness (QED) is 0.0182. The molecule has 17 rings (SSSR count). The fourth-order valence-electron chi connectivity index (χ4n) is 17.5. The number of oxime groups is 1. The van der Waals surface area contributed by atoms with Crippen LogP contribution < -0.4 is 40.6 Å². The van der Waals surface area contributed by atoms with Crippen molar-refractivity contribution < 1.29 is 46.4 Å². The molecule has 10 aromatic carbocycles. The third-order valence-corrected chi connectivity index (χ3v) is 25.5. The van der Waals surface area contributed by atoms with Crippen molar-refractivity contribution >= 4 is 57.5 Å². The molecule has 24 heteroatoms. The summed E-state index contributed by atoms with van der Waals surface area (Å²) in [7, 11) is 7.81. The summed E-state index contributed by atoms with van der Waals surface area (Å²) in [6.45, 7) is 21.1. The first-order valence-electron chi connectivity index (χ1n) is 46.1. The number of fused-ring (bicyclic) bond motifs is 4. The highest BCUT2D eigenvalue weighted by Gasteiger charge is 2.42. The van der Waals surface area contributed by atoms with Gasteiger partial charge in [-0.15, -0.1) is 5.10 Å². The number of methoxy groups -OCH3 is 1. The van der Waals surface area contributed by atoms with Gasteiger partial charge in [0, 0.05) is 94.5 Å². The summed E-state index contributed by atoms with van der Waals surface area (Å²) in [6.07, 6.45) is 17.7. The zero-order valence-corrected chi connectivity index (χ0v) is 78.9. The first-order valence-corrected chi connectivity index (χ1v) is 47.2. The minimum absolute atomic E-state index is 0.0635. The van der Waals surface area contributed by atoms with Crippen molar-refractivity contribution in [2.75, 3.05) is 106 Å². The van der Waals surface area contributed by atoms with Crippen LogP contribution in [0.1, 0.15) is 183 Å². The van der Waals surface area contributed by atoms with E-state index in [-0.39, 0.29) is 36.0 Å².